The average Bonchev–Trinajstić information content (AvgIpc) is 3.22. The zero-order valence-electron chi connectivity index (χ0n) is 16.3. The van der Waals surface area contributed by atoms with Gasteiger partial charge in [-0.05, 0) is 55.0 Å². The van der Waals surface area contributed by atoms with E-state index in [1.165, 1.54) is 4.90 Å². The van der Waals surface area contributed by atoms with Crippen molar-refractivity contribution >= 4 is 29.1 Å². The van der Waals surface area contributed by atoms with E-state index in [9.17, 15) is 14.7 Å². The lowest BCUT2D eigenvalue weighted by atomic mass is 10.1. The van der Waals surface area contributed by atoms with E-state index < -0.39 is 6.09 Å². The highest BCUT2D eigenvalue weighted by molar-refractivity contribution is 6.08. The lowest BCUT2D eigenvalue weighted by Gasteiger charge is -2.19. The Morgan fingerprint density at radius 1 is 1.17 bits per heavy atom. The van der Waals surface area contributed by atoms with Crippen LogP contribution in [0.4, 0.5) is 21.9 Å². The summed E-state index contributed by atoms with van der Waals surface area (Å²) in [6.07, 6.45) is 2.38. The maximum Gasteiger partial charge on any atom is 0.411 e. The number of nitrogens with one attached hydrogen (secondary N) is 2. The van der Waals surface area contributed by atoms with Gasteiger partial charge in [-0.15, -0.1) is 0 Å². The van der Waals surface area contributed by atoms with Gasteiger partial charge in [-0.2, -0.15) is 5.10 Å². The molecule has 0 fully saturated rings. The number of rotatable bonds is 7. The topological polar surface area (TPSA) is 99.5 Å². The maximum absolute atomic E-state index is 12.6. The molecule has 0 spiro atoms. The summed E-state index contributed by atoms with van der Waals surface area (Å²) in [7, 11) is 1.77. The van der Waals surface area contributed by atoms with E-state index in [-0.39, 0.29) is 12.5 Å². The van der Waals surface area contributed by atoms with E-state index >= 15 is 0 Å². The van der Waals surface area contributed by atoms with Gasteiger partial charge in [0.2, 0.25) is 0 Å². The SMILES string of the molecule is CNc1cc(C)ccc1C(=O)Nc1ccc(N(CCn2cccn2)C(=O)O)cc1. The molecule has 0 saturated carbocycles. The number of carbonyl (C=O) groups is 2. The van der Waals surface area contributed by atoms with Gasteiger partial charge in [0.15, 0.2) is 0 Å². The van der Waals surface area contributed by atoms with Crippen LogP contribution in [-0.2, 0) is 6.54 Å². The minimum absolute atomic E-state index is 0.240. The normalized spacial score (nSPS) is 10.4. The molecule has 29 heavy (non-hydrogen) atoms. The molecule has 0 aliphatic heterocycles. The summed E-state index contributed by atoms with van der Waals surface area (Å²) in [4.78, 5) is 25.5. The predicted octanol–water partition coefficient (Wildman–Crippen LogP) is 3.67. The lowest BCUT2D eigenvalue weighted by Crippen LogP contribution is -2.32. The zero-order chi connectivity index (χ0) is 20.8. The smallest absolute Gasteiger partial charge is 0.411 e. The number of carboxylic acid groups (broad SMARTS) is 1. The molecule has 0 aliphatic rings. The van der Waals surface area contributed by atoms with E-state index in [1.807, 2.05) is 19.1 Å². The molecule has 2 amide bonds. The van der Waals surface area contributed by atoms with Crippen molar-refractivity contribution in [1.29, 1.82) is 0 Å². The van der Waals surface area contributed by atoms with Gasteiger partial charge < -0.3 is 15.7 Å². The van der Waals surface area contributed by atoms with Gasteiger partial charge in [0, 0.05) is 43.0 Å². The van der Waals surface area contributed by atoms with E-state index in [1.54, 1.807) is 60.5 Å². The molecule has 3 rings (SSSR count). The molecule has 1 heterocycles. The second-order valence-corrected chi connectivity index (χ2v) is 6.50. The molecule has 0 saturated heterocycles. The van der Waals surface area contributed by atoms with Crippen molar-refractivity contribution in [2.24, 2.45) is 0 Å². The Morgan fingerprint density at radius 2 is 1.93 bits per heavy atom. The summed E-state index contributed by atoms with van der Waals surface area (Å²) in [5.74, 6) is -0.240. The van der Waals surface area contributed by atoms with E-state index in [2.05, 4.69) is 15.7 Å². The van der Waals surface area contributed by atoms with Gasteiger partial charge in [-0.1, -0.05) is 6.07 Å². The van der Waals surface area contributed by atoms with Crippen molar-refractivity contribution < 1.29 is 14.7 Å². The molecule has 3 aromatic rings. The Balaban J connectivity index is 1.70. The predicted molar refractivity (Wildman–Crippen MR) is 113 cm³/mol. The number of aromatic nitrogens is 2. The van der Waals surface area contributed by atoms with Gasteiger partial charge in [0.1, 0.15) is 0 Å². The van der Waals surface area contributed by atoms with E-state index in [0.717, 1.165) is 11.3 Å². The van der Waals surface area contributed by atoms with Crippen molar-refractivity contribution in [3.63, 3.8) is 0 Å². The molecule has 0 unspecified atom stereocenters. The molecular formula is C21H23N5O3. The van der Waals surface area contributed by atoms with Crippen LogP contribution in [0.5, 0.6) is 0 Å². The minimum Gasteiger partial charge on any atom is -0.465 e. The summed E-state index contributed by atoms with van der Waals surface area (Å²) >= 11 is 0. The van der Waals surface area contributed by atoms with Crippen LogP contribution in [0.25, 0.3) is 0 Å². The molecule has 3 N–H and O–H groups in total. The number of carbonyl (C=O) groups excluding carboxylic acids is 1. The Labute approximate surface area is 168 Å². The Bertz CT molecular complexity index is 984. The summed E-state index contributed by atoms with van der Waals surface area (Å²) in [6.45, 7) is 2.66. The quantitative estimate of drug-likeness (QED) is 0.569. The molecule has 0 atom stereocenters. The largest absolute Gasteiger partial charge is 0.465 e. The van der Waals surface area contributed by atoms with Crippen molar-refractivity contribution in [3.05, 3.63) is 72.1 Å². The third kappa shape index (κ3) is 4.92. The van der Waals surface area contributed by atoms with Gasteiger partial charge in [-0.25, -0.2) is 4.79 Å². The van der Waals surface area contributed by atoms with Crippen LogP contribution in [0.2, 0.25) is 0 Å². The fourth-order valence-electron chi connectivity index (χ4n) is 2.96. The molecule has 0 aliphatic carbocycles. The first kappa shape index (κ1) is 19.9. The van der Waals surface area contributed by atoms with Crippen LogP contribution in [0.15, 0.2) is 60.9 Å². The number of aryl methyl sites for hydroxylation is 1. The van der Waals surface area contributed by atoms with Crippen LogP contribution < -0.4 is 15.5 Å². The van der Waals surface area contributed by atoms with Crippen LogP contribution >= 0.6 is 0 Å². The zero-order valence-corrected chi connectivity index (χ0v) is 16.3. The number of benzene rings is 2. The van der Waals surface area contributed by atoms with Crippen LogP contribution in [0.3, 0.4) is 0 Å². The number of hydrogen-bond acceptors (Lipinski definition) is 4. The van der Waals surface area contributed by atoms with Crippen molar-refractivity contribution in [1.82, 2.24) is 9.78 Å². The first-order valence-electron chi connectivity index (χ1n) is 9.15. The van der Waals surface area contributed by atoms with Crippen molar-refractivity contribution in [2.45, 2.75) is 13.5 Å². The Morgan fingerprint density at radius 3 is 2.55 bits per heavy atom. The molecule has 150 valence electrons. The average molecular weight is 393 g/mol. The molecule has 0 bridgehead atoms. The standard InChI is InChI=1S/C21H23N5O3/c1-15-4-9-18(19(14-15)22-2)20(27)24-16-5-7-17(8-6-16)26(21(28)29)13-12-25-11-3-10-23-25/h3-11,14,22H,12-13H2,1-2H3,(H,24,27)(H,28,29). The monoisotopic (exact) mass is 393 g/mol. The van der Waals surface area contributed by atoms with E-state index in [0.29, 0.717) is 23.5 Å². The maximum atomic E-state index is 12.6. The molecule has 1 aromatic heterocycles. The highest BCUT2D eigenvalue weighted by Gasteiger charge is 2.15. The van der Waals surface area contributed by atoms with Gasteiger partial charge in [0.05, 0.1) is 12.1 Å². The van der Waals surface area contributed by atoms with Crippen LogP contribution in [0, 0.1) is 6.92 Å². The van der Waals surface area contributed by atoms with Crippen molar-refractivity contribution in [2.75, 3.05) is 29.1 Å². The van der Waals surface area contributed by atoms with E-state index in [4.69, 9.17) is 0 Å². The second kappa shape index (κ2) is 8.92. The van der Waals surface area contributed by atoms with Gasteiger partial charge >= 0.3 is 6.09 Å². The summed E-state index contributed by atoms with van der Waals surface area (Å²) in [6, 6.07) is 14.0. The highest BCUT2D eigenvalue weighted by atomic mass is 16.4. The highest BCUT2D eigenvalue weighted by Crippen LogP contribution is 2.21. The summed E-state index contributed by atoms with van der Waals surface area (Å²) in [5.41, 5.74) is 3.44. The number of hydrogen-bond donors (Lipinski definition) is 3. The lowest BCUT2D eigenvalue weighted by molar-refractivity contribution is 0.102. The molecular weight excluding hydrogens is 370 g/mol. The third-order valence-corrected chi connectivity index (χ3v) is 4.47. The van der Waals surface area contributed by atoms with Crippen LogP contribution in [-0.4, -0.2) is 40.5 Å². The molecule has 2 aromatic carbocycles. The minimum atomic E-state index is -1.05. The number of amides is 2. The van der Waals surface area contributed by atoms with Gasteiger partial charge in [-0.3, -0.25) is 14.4 Å². The van der Waals surface area contributed by atoms with Crippen LogP contribution in [0.1, 0.15) is 15.9 Å². The second-order valence-electron chi connectivity index (χ2n) is 6.50. The first-order chi connectivity index (χ1) is 14.0. The molecule has 8 nitrogen and oxygen atoms in total. The molecule has 0 radical (unpaired) electrons. The summed E-state index contributed by atoms with van der Waals surface area (Å²) < 4.78 is 1.67. The van der Waals surface area contributed by atoms with Gasteiger partial charge in [0.25, 0.3) is 5.91 Å². The van der Waals surface area contributed by atoms with Crippen molar-refractivity contribution in [3.8, 4) is 0 Å². The fourth-order valence-corrected chi connectivity index (χ4v) is 2.96. The number of anilines is 3. The summed E-state index contributed by atoms with van der Waals surface area (Å²) in [5, 5.41) is 19.5. The number of nitrogens with zero attached hydrogens (tertiary/aromatic N) is 3. The fraction of sp³-hybridized carbons (Fsp3) is 0.190. The third-order valence-electron chi connectivity index (χ3n) is 4.47. The Kier molecular flexibility index (Phi) is 6.13. The Hall–Kier alpha value is -3.81. The first-order valence-corrected chi connectivity index (χ1v) is 9.15. The molecule has 8 heteroatoms.